The van der Waals surface area contributed by atoms with Gasteiger partial charge in [0.05, 0.1) is 19.1 Å². The molecule has 0 spiro atoms. The quantitative estimate of drug-likeness (QED) is 0.654. The predicted octanol–water partition coefficient (Wildman–Crippen LogP) is 2.88. The van der Waals surface area contributed by atoms with Gasteiger partial charge in [0.2, 0.25) is 0 Å². The summed E-state index contributed by atoms with van der Waals surface area (Å²) in [4.78, 5) is 17.2. The summed E-state index contributed by atoms with van der Waals surface area (Å²) in [6.45, 7) is 6.72. The second kappa shape index (κ2) is 9.54. The Hall–Kier alpha value is -2.61. The van der Waals surface area contributed by atoms with Crippen molar-refractivity contribution in [1.29, 1.82) is 0 Å². The standard InChI is InChI=1S/C20H27N3O5/c1-14(2)19-21-20(28-22-19)23-9-7-17(8-10-23)27-12-11-26-16-5-3-15(4-6-16)13-18(24)25/h3-6,14,17H,7-13H2,1-2H3,(H,24,25). The van der Waals surface area contributed by atoms with Gasteiger partial charge in [0, 0.05) is 19.0 Å². The Bertz CT molecular complexity index is 751. The van der Waals surface area contributed by atoms with E-state index in [2.05, 4.69) is 15.0 Å². The number of carboxylic acid groups (broad SMARTS) is 1. The van der Waals surface area contributed by atoms with E-state index in [1.54, 1.807) is 24.3 Å². The number of aliphatic carboxylic acids is 1. The number of hydrogen-bond acceptors (Lipinski definition) is 7. The molecule has 0 saturated carbocycles. The summed E-state index contributed by atoms with van der Waals surface area (Å²) in [6.07, 6.45) is 2.03. The molecule has 1 N–H and O–H groups in total. The number of aromatic nitrogens is 2. The molecule has 0 aliphatic carbocycles. The fraction of sp³-hybridized carbons (Fsp3) is 0.550. The number of ether oxygens (including phenoxy) is 2. The van der Waals surface area contributed by atoms with Crippen molar-refractivity contribution < 1.29 is 23.9 Å². The zero-order chi connectivity index (χ0) is 19.9. The number of benzene rings is 1. The minimum atomic E-state index is -0.840. The van der Waals surface area contributed by atoms with Crippen molar-refractivity contribution in [3.63, 3.8) is 0 Å². The van der Waals surface area contributed by atoms with E-state index in [-0.39, 0.29) is 18.4 Å². The first-order valence-corrected chi connectivity index (χ1v) is 9.65. The van der Waals surface area contributed by atoms with Crippen molar-refractivity contribution in [3.8, 4) is 5.75 Å². The molecule has 0 amide bonds. The summed E-state index contributed by atoms with van der Waals surface area (Å²) < 4.78 is 16.9. The maximum Gasteiger partial charge on any atom is 0.324 e. The fourth-order valence-electron chi connectivity index (χ4n) is 3.06. The minimum Gasteiger partial charge on any atom is -0.491 e. The van der Waals surface area contributed by atoms with E-state index in [9.17, 15) is 4.79 Å². The molecule has 152 valence electrons. The van der Waals surface area contributed by atoms with Crippen molar-refractivity contribution in [2.75, 3.05) is 31.2 Å². The summed E-state index contributed by atoms with van der Waals surface area (Å²) >= 11 is 0. The van der Waals surface area contributed by atoms with Crippen LogP contribution in [0.25, 0.3) is 0 Å². The molecule has 0 unspecified atom stereocenters. The molecule has 0 atom stereocenters. The summed E-state index contributed by atoms with van der Waals surface area (Å²) in [6, 6.07) is 7.70. The van der Waals surface area contributed by atoms with Crippen LogP contribution in [0.1, 0.15) is 44.0 Å². The van der Waals surface area contributed by atoms with Crippen molar-refractivity contribution in [3.05, 3.63) is 35.7 Å². The molecule has 1 aromatic heterocycles. The van der Waals surface area contributed by atoms with E-state index < -0.39 is 5.97 Å². The predicted molar refractivity (Wildman–Crippen MR) is 103 cm³/mol. The Balaban J connectivity index is 1.33. The molecule has 1 fully saturated rings. The molecule has 3 rings (SSSR count). The van der Waals surface area contributed by atoms with Gasteiger partial charge in [-0.15, -0.1) is 0 Å². The maximum absolute atomic E-state index is 10.7. The van der Waals surface area contributed by atoms with Gasteiger partial charge in [0.15, 0.2) is 5.82 Å². The average molecular weight is 389 g/mol. The number of hydrogen-bond donors (Lipinski definition) is 1. The van der Waals surface area contributed by atoms with Gasteiger partial charge < -0.3 is 24.0 Å². The maximum atomic E-state index is 10.7. The summed E-state index contributed by atoms with van der Waals surface area (Å²) in [5, 5.41) is 12.8. The molecule has 1 aromatic carbocycles. The Morgan fingerprint density at radius 3 is 2.57 bits per heavy atom. The number of carbonyl (C=O) groups is 1. The van der Waals surface area contributed by atoms with Crippen molar-refractivity contribution in [1.82, 2.24) is 10.1 Å². The van der Waals surface area contributed by atoms with Crippen molar-refractivity contribution in [2.45, 2.75) is 45.1 Å². The van der Waals surface area contributed by atoms with E-state index >= 15 is 0 Å². The van der Waals surface area contributed by atoms with Gasteiger partial charge in [0.1, 0.15) is 12.4 Å². The van der Waals surface area contributed by atoms with Crippen LogP contribution < -0.4 is 9.64 Å². The van der Waals surface area contributed by atoms with Crippen molar-refractivity contribution in [2.24, 2.45) is 0 Å². The van der Waals surface area contributed by atoms with Crippen LogP contribution in [-0.4, -0.2) is 53.6 Å². The number of carboxylic acids is 1. The lowest BCUT2D eigenvalue weighted by atomic mass is 10.1. The molecule has 1 aliphatic heterocycles. The van der Waals surface area contributed by atoms with Gasteiger partial charge in [0.25, 0.3) is 0 Å². The third kappa shape index (κ3) is 5.69. The van der Waals surface area contributed by atoms with Gasteiger partial charge in [-0.25, -0.2) is 0 Å². The van der Waals surface area contributed by atoms with Crippen LogP contribution in [0, 0.1) is 0 Å². The monoisotopic (exact) mass is 389 g/mol. The normalized spacial score (nSPS) is 15.2. The lowest BCUT2D eigenvalue weighted by Crippen LogP contribution is -2.37. The molecule has 8 nitrogen and oxygen atoms in total. The molecule has 1 aliphatic rings. The van der Waals surface area contributed by atoms with E-state index in [4.69, 9.17) is 19.1 Å². The zero-order valence-electron chi connectivity index (χ0n) is 16.3. The van der Waals surface area contributed by atoms with Gasteiger partial charge in [-0.3, -0.25) is 4.79 Å². The van der Waals surface area contributed by atoms with Crippen LogP contribution in [0.3, 0.4) is 0 Å². The molecule has 2 heterocycles. The Morgan fingerprint density at radius 1 is 1.25 bits per heavy atom. The van der Waals surface area contributed by atoms with Crippen LogP contribution in [0.5, 0.6) is 5.75 Å². The third-order valence-electron chi connectivity index (χ3n) is 4.64. The Labute approximate surface area is 164 Å². The van der Waals surface area contributed by atoms with Gasteiger partial charge in [-0.05, 0) is 30.5 Å². The molecule has 0 bridgehead atoms. The summed E-state index contributed by atoms with van der Waals surface area (Å²) in [5.41, 5.74) is 0.754. The number of nitrogens with zero attached hydrogens (tertiary/aromatic N) is 3. The lowest BCUT2D eigenvalue weighted by Gasteiger charge is -2.30. The van der Waals surface area contributed by atoms with E-state index in [1.165, 1.54) is 0 Å². The third-order valence-corrected chi connectivity index (χ3v) is 4.64. The number of rotatable bonds is 9. The first-order chi connectivity index (χ1) is 13.5. The second-order valence-corrected chi connectivity index (χ2v) is 7.21. The zero-order valence-corrected chi connectivity index (χ0v) is 16.3. The van der Waals surface area contributed by atoms with Gasteiger partial charge in [-0.2, -0.15) is 4.98 Å². The lowest BCUT2D eigenvalue weighted by molar-refractivity contribution is -0.136. The molecule has 8 heteroatoms. The SMILES string of the molecule is CC(C)c1noc(N2CCC(OCCOc3ccc(CC(=O)O)cc3)CC2)n1. The van der Waals surface area contributed by atoms with E-state index in [0.29, 0.717) is 25.0 Å². The van der Waals surface area contributed by atoms with Crippen LogP contribution in [0.15, 0.2) is 28.8 Å². The summed E-state index contributed by atoms with van der Waals surface area (Å²) in [7, 11) is 0. The first kappa shape index (κ1) is 20.1. The van der Waals surface area contributed by atoms with Crippen LogP contribution in [0.4, 0.5) is 6.01 Å². The topological polar surface area (TPSA) is 97.9 Å². The van der Waals surface area contributed by atoms with Crippen molar-refractivity contribution >= 4 is 12.0 Å². The molecule has 2 aromatic rings. The second-order valence-electron chi connectivity index (χ2n) is 7.21. The smallest absolute Gasteiger partial charge is 0.324 e. The van der Waals surface area contributed by atoms with Crippen LogP contribution >= 0.6 is 0 Å². The summed E-state index contributed by atoms with van der Waals surface area (Å²) in [5.74, 6) is 0.866. The molecular formula is C20H27N3O5. The van der Waals surface area contributed by atoms with Crippen LogP contribution in [0.2, 0.25) is 0 Å². The number of anilines is 1. The fourth-order valence-corrected chi connectivity index (χ4v) is 3.06. The Kier molecular flexibility index (Phi) is 6.86. The average Bonchev–Trinajstić information content (AvgIpc) is 3.17. The largest absolute Gasteiger partial charge is 0.491 e. The Morgan fingerprint density at radius 2 is 1.96 bits per heavy atom. The molecule has 1 saturated heterocycles. The van der Waals surface area contributed by atoms with E-state index in [1.807, 2.05) is 13.8 Å². The molecular weight excluding hydrogens is 362 g/mol. The highest BCUT2D eigenvalue weighted by atomic mass is 16.5. The first-order valence-electron chi connectivity index (χ1n) is 9.65. The number of piperidine rings is 1. The molecule has 0 radical (unpaired) electrons. The van der Waals surface area contributed by atoms with Gasteiger partial charge >= 0.3 is 12.0 Å². The highest BCUT2D eigenvalue weighted by Crippen LogP contribution is 2.22. The van der Waals surface area contributed by atoms with E-state index in [0.717, 1.165) is 37.3 Å². The molecule has 28 heavy (non-hydrogen) atoms. The highest BCUT2D eigenvalue weighted by molar-refractivity contribution is 5.70. The minimum absolute atomic E-state index is 0.0183. The highest BCUT2D eigenvalue weighted by Gasteiger charge is 2.23. The van der Waals surface area contributed by atoms with Gasteiger partial charge in [-0.1, -0.05) is 31.1 Å². The van der Waals surface area contributed by atoms with Crippen LogP contribution in [-0.2, 0) is 16.0 Å².